The van der Waals surface area contributed by atoms with E-state index in [0.29, 0.717) is 17.5 Å². The molecule has 1 fully saturated rings. The number of hydrazine groups is 1. The van der Waals surface area contributed by atoms with E-state index in [1.54, 1.807) is 6.20 Å². The molecule has 0 radical (unpaired) electrons. The molecule has 2 rings (SSSR count). The first-order chi connectivity index (χ1) is 9.63. The fourth-order valence-corrected chi connectivity index (χ4v) is 2.88. The first-order valence-corrected chi connectivity index (χ1v) is 7.41. The van der Waals surface area contributed by atoms with Gasteiger partial charge in [0.05, 0.1) is 36.1 Å². The first-order valence-electron chi connectivity index (χ1n) is 7.03. The molecule has 7 heteroatoms. The quantitative estimate of drug-likeness (QED) is 0.607. The Labute approximate surface area is 125 Å². The number of aromatic nitrogens is 2. The molecule has 0 aromatic carbocycles. The number of ether oxygens (including phenoxy) is 1. The smallest absolute Gasteiger partial charge is 0.0834 e. The number of hydrogen-bond acceptors (Lipinski definition) is 5. The van der Waals surface area contributed by atoms with E-state index in [0.717, 1.165) is 38.2 Å². The van der Waals surface area contributed by atoms with E-state index in [1.165, 1.54) is 0 Å². The molecule has 2 atom stereocenters. The molecule has 0 bridgehead atoms. The minimum atomic E-state index is -0.0209. The molecule has 114 valence electrons. The summed E-state index contributed by atoms with van der Waals surface area (Å²) in [5.74, 6) is 6.11. The Balaban J connectivity index is 2.17. The molecule has 3 N–H and O–H groups in total. The summed E-state index contributed by atoms with van der Waals surface area (Å²) in [7, 11) is 4.08. The molecule has 1 aliphatic rings. The predicted molar refractivity (Wildman–Crippen MR) is 79.4 cm³/mol. The van der Waals surface area contributed by atoms with Crippen LogP contribution in [0.1, 0.15) is 24.6 Å². The van der Waals surface area contributed by atoms with Gasteiger partial charge in [0.15, 0.2) is 0 Å². The molecule has 0 aliphatic carbocycles. The monoisotopic (exact) mass is 301 g/mol. The van der Waals surface area contributed by atoms with Crippen molar-refractivity contribution in [3.63, 3.8) is 0 Å². The Kier molecular flexibility index (Phi) is 5.80. The second-order valence-corrected chi connectivity index (χ2v) is 5.93. The predicted octanol–water partition coefficient (Wildman–Crippen LogP) is 1.03. The number of nitrogens with two attached hydrogens (primary N) is 1. The fraction of sp³-hybridized carbons (Fsp3) is 0.769. The third kappa shape index (κ3) is 3.71. The Morgan fingerprint density at radius 2 is 2.45 bits per heavy atom. The maximum atomic E-state index is 6.32. The molecule has 1 aromatic rings. The third-order valence-electron chi connectivity index (χ3n) is 3.73. The summed E-state index contributed by atoms with van der Waals surface area (Å²) in [6, 6.07) is -0.0209. The lowest BCUT2D eigenvalue weighted by molar-refractivity contribution is 0.0376. The van der Waals surface area contributed by atoms with Crippen LogP contribution >= 0.6 is 11.6 Å². The zero-order chi connectivity index (χ0) is 14.5. The van der Waals surface area contributed by atoms with Crippen LogP contribution in [-0.2, 0) is 11.3 Å². The summed E-state index contributed by atoms with van der Waals surface area (Å²) in [4.78, 5) is 2.12. The molecule has 1 saturated heterocycles. The fourth-order valence-electron chi connectivity index (χ4n) is 2.62. The van der Waals surface area contributed by atoms with Crippen LogP contribution in [0.5, 0.6) is 0 Å². The summed E-state index contributed by atoms with van der Waals surface area (Å²) in [6.07, 6.45) is 3.84. The van der Waals surface area contributed by atoms with Crippen LogP contribution in [0.15, 0.2) is 6.20 Å². The van der Waals surface area contributed by atoms with E-state index >= 15 is 0 Å². The van der Waals surface area contributed by atoms with Crippen LogP contribution in [0.2, 0.25) is 5.02 Å². The van der Waals surface area contributed by atoms with Gasteiger partial charge in [0.1, 0.15) is 0 Å². The summed E-state index contributed by atoms with van der Waals surface area (Å²) >= 11 is 6.32. The summed E-state index contributed by atoms with van der Waals surface area (Å²) in [5, 5.41) is 5.04. The molecule has 2 heterocycles. The Bertz CT molecular complexity index is 417. The minimum absolute atomic E-state index is 0.0209. The molecule has 1 aliphatic heterocycles. The van der Waals surface area contributed by atoms with Crippen molar-refractivity contribution in [2.75, 3.05) is 33.9 Å². The van der Waals surface area contributed by atoms with Crippen molar-refractivity contribution < 1.29 is 4.74 Å². The van der Waals surface area contributed by atoms with E-state index in [4.69, 9.17) is 22.2 Å². The first kappa shape index (κ1) is 15.7. The summed E-state index contributed by atoms with van der Waals surface area (Å²) in [6.45, 7) is 3.25. The van der Waals surface area contributed by atoms with E-state index < -0.39 is 0 Å². The van der Waals surface area contributed by atoms with Crippen LogP contribution in [0, 0.1) is 5.92 Å². The average molecular weight is 302 g/mol. The number of rotatable bonds is 6. The van der Waals surface area contributed by atoms with Crippen LogP contribution in [-0.4, -0.2) is 48.5 Å². The van der Waals surface area contributed by atoms with E-state index in [9.17, 15) is 0 Å². The zero-order valence-corrected chi connectivity index (χ0v) is 12.9. The standard InChI is InChI=1S/C13H24ClN5O/c1-18(2)5-6-19-13(11(14)8-16-19)12(17-15)10-4-3-7-20-9-10/h8,10,12,17H,3-7,9,15H2,1-2H3. The van der Waals surface area contributed by atoms with Gasteiger partial charge in [0.25, 0.3) is 0 Å². The van der Waals surface area contributed by atoms with E-state index in [1.807, 2.05) is 18.8 Å². The molecule has 2 unspecified atom stereocenters. The van der Waals surface area contributed by atoms with Crippen LogP contribution < -0.4 is 11.3 Å². The Hall–Kier alpha value is -0.660. The number of likely N-dealkylation sites (N-methyl/N-ethyl adjacent to an activating group) is 1. The van der Waals surface area contributed by atoms with Crippen LogP contribution in [0.25, 0.3) is 0 Å². The Morgan fingerprint density at radius 3 is 3.05 bits per heavy atom. The number of halogens is 1. The second kappa shape index (κ2) is 7.38. The lowest BCUT2D eigenvalue weighted by Gasteiger charge is -2.30. The maximum absolute atomic E-state index is 6.32. The zero-order valence-electron chi connectivity index (χ0n) is 12.2. The molecular formula is C13H24ClN5O. The van der Waals surface area contributed by atoms with Crippen molar-refractivity contribution >= 4 is 11.6 Å². The third-order valence-corrected chi connectivity index (χ3v) is 4.02. The van der Waals surface area contributed by atoms with Crippen molar-refractivity contribution in [3.8, 4) is 0 Å². The van der Waals surface area contributed by atoms with Crippen molar-refractivity contribution in [2.45, 2.75) is 25.4 Å². The van der Waals surface area contributed by atoms with Gasteiger partial charge in [0, 0.05) is 19.1 Å². The van der Waals surface area contributed by atoms with Crippen LogP contribution in [0.4, 0.5) is 0 Å². The van der Waals surface area contributed by atoms with Gasteiger partial charge in [0.2, 0.25) is 0 Å². The van der Waals surface area contributed by atoms with Gasteiger partial charge in [-0.3, -0.25) is 16.0 Å². The van der Waals surface area contributed by atoms with E-state index in [2.05, 4.69) is 15.4 Å². The second-order valence-electron chi connectivity index (χ2n) is 5.53. The molecule has 20 heavy (non-hydrogen) atoms. The number of hydrogen-bond donors (Lipinski definition) is 2. The van der Waals surface area contributed by atoms with Crippen molar-refractivity contribution in [1.82, 2.24) is 20.1 Å². The van der Waals surface area contributed by atoms with Crippen LogP contribution in [0.3, 0.4) is 0 Å². The van der Waals surface area contributed by atoms with Gasteiger partial charge in [-0.25, -0.2) is 0 Å². The number of nitrogens with zero attached hydrogens (tertiary/aromatic N) is 3. The Morgan fingerprint density at radius 1 is 1.65 bits per heavy atom. The van der Waals surface area contributed by atoms with Gasteiger partial charge in [-0.2, -0.15) is 5.10 Å². The van der Waals surface area contributed by atoms with Crippen molar-refractivity contribution in [1.29, 1.82) is 0 Å². The van der Waals surface area contributed by atoms with Crippen molar-refractivity contribution in [2.24, 2.45) is 11.8 Å². The highest BCUT2D eigenvalue weighted by molar-refractivity contribution is 6.31. The topological polar surface area (TPSA) is 68.3 Å². The molecular weight excluding hydrogens is 278 g/mol. The largest absolute Gasteiger partial charge is 0.381 e. The lowest BCUT2D eigenvalue weighted by atomic mass is 9.92. The highest BCUT2D eigenvalue weighted by Gasteiger charge is 2.29. The minimum Gasteiger partial charge on any atom is -0.381 e. The van der Waals surface area contributed by atoms with E-state index in [-0.39, 0.29) is 6.04 Å². The molecule has 0 spiro atoms. The molecule has 6 nitrogen and oxygen atoms in total. The SMILES string of the molecule is CN(C)CCn1ncc(Cl)c1C(NN)C1CCCOC1. The van der Waals surface area contributed by atoms with Gasteiger partial charge in [-0.1, -0.05) is 11.6 Å². The highest BCUT2D eigenvalue weighted by Crippen LogP contribution is 2.32. The molecule has 0 saturated carbocycles. The highest BCUT2D eigenvalue weighted by atomic mass is 35.5. The van der Waals surface area contributed by atoms with Gasteiger partial charge >= 0.3 is 0 Å². The summed E-state index contributed by atoms with van der Waals surface area (Å²) in [5.41, 5.74) is 3.87. The normalized spacial score (nSPS) is 21.4. The summed E-state index contributed by atoms with van der Waals surface area (Å²) < 4.78 is 7.51. The van der Waals surface area contributed by atoms with Gasteiger partial charge in [-0.05, 0) is 26.9 Å². The average Bonchev–Trinajstić information content (AvgIpc) is 2.80. The molecule has 1 aromatic heterocycles. The van der Waals surface area contributed by atoms with Crippen molar-refractivity contribution in [3.05, 3.63) is 16.9 Å². The lowest BCUT2D eigenvalue weighted by Crippen LogP contribution is -2.39. The van der Waals surface area contributed by atoms with Gasteiger partial charge < -0.3 is 9.64 Å². The number of nitrogens with one attached hydrogen (secondary N) is 1. The van der Waals surface area contributed by atoms with Gasteiger partial charge in [-0.15, -0.1) is 0 Å². The molecule has 0 amide bonds. The maximum Gasteiger partial charge on any atom is 0.0834 e.